The van der Waals surface area contributed by atoms with E-state index in [0.29, 0.717) is 0 Å². The summed E-state index contributed by atoms with van der Waals surface area (Å²) < 4.78 is 0. The molecule has 0 aliphatic carbocycles. The van der Waals surface area contributed by atoms with Crippen LogP contribution in [0.25, 0.3) is 0 Å². The molecule has 0 aliphatic heterocycles. The summed E-state index contributed by atoms with van der Waals surface area (Å²) in [5.74, 6) is 0. The summed E-state index contributed by atoms with van der Waals surface area (Å²) in [6.45, 7) is 6.25. The van der Waals surface area contributed by atoms with Crippen molar-refractivity contribution in [1.29, 1.82) is 0 Å². The van der Waals surface area contributed by atoms with Crippen LogP contribution in [0, 0.1) is 0 Å². The van der Waals surface area contributed by atoms with Gasteiger partial charge in [0.15, 0.2) is 0 Å². The van der Waals surface area contributed by atoms with Crippen LogP contribution < -0.4 is 37.2 Å². The van der Waals surface area contributed by atoms with Gasteiger partial charge in [0.1, 0.15) is 0 Å². The van der Waals surface area contributed by atoms with Gasteiger partial charge in [-0.1, -0.05) is 13.2 Å². The van der Waals surface area contributed by atoms with Crippen LogP contribution in [-0.4, -0.2) is 17.4 Å². The molecule has 0 heterocycles. The minimum Gasteiger partial charge on any atom is -1.00 e. The molecule has 0 aromatic carbocycles. The van der Waals surface area contributed by atoms with Crippen molar-refractivity contribution in [2.75, 3.05) is 0 Å². The zero-order chi connectivity index (χ0) is 2.71. The molecule has 0 unspecified atom stereocenters. The van der Waals surface area contributed by atoms with Crippen molar-refractivity contribution in [1.82, 2.24) is 0 Å². The summed E-state index contributed by atoms with van der Waals surface area (Å²) in [5.41, 5.74) is 2.25. The molecule has 0 aliphatic rings. The molecule has 0 rings (SSSR count). The molecule has 0 bridgehead atoms. The van der Waals surface area contributed by atoms with Gasteiger partial charge < -0.3 is 37.2 Å². The van der Waals surface area contributed by atoms with Gasteiger partial charge in [0.2, 0.25) is 0 Å². The molecule has 0 aromatic heterocycles. The molecule has 7 heavy (non-hydrogen) atoms. The molecule has 0 aromatic rings. The average Bonchev–Trinajstić information content (AvgIpc) is 0.918. The molecule has 0 atom stereocenters. The van der Waals surface area contributed by atoms with Crippen LogP contribution in [0.1, 0.15) is 0 Å². The second-order valence-corrected chi connectivity index (χ2v) is 0.250. The Morgan fingerprint density at radius 3 is 0.857 bits per heavy atom. The van der Waals surface area contributed by atoms with E-state index in [1.54, 1.807) is 0 Å². The van der Waals surface area contributed by atoms with Gasteiger partial charge in [-0.25, -0.2) is 0 Å². The number of hydrogen-bond donors (Lipinski definition) is 0. The number of rotatable bonds is 0. The minimum absolute atomic E-state index is 0. The molecular weight excluding hydrogens is 169 g/mol. The van der Waals surface area contributed by atoms with Gasteiger partial charge in [-0.3, -0.25) is 0 Å². The molecule has 0 amide bonds. The van der Waals surface area contributed by atoms with E-state index in [-0.39, 0.29) is 54.6 Å². The van der Waals surface area contributed by atoms with Gasteiger partial charge in [0.25, 0.3) is 0 Å². The Hall–Kier alpha value is 0.922. The Bertz CT molecular complexity index is 31.2. The van der Waals surface area contributed by atoms with E-state index in [1.807, 2.05) is 0 Å². The second kappa shape index (κ2) is 65.7. The zero-order valence-electron chi connectivity index (χ0n) is 3.63. The molecular formula is C3H4AlCl3. The molecule has 0 fully saturated rings. The smallest absolute Gasteiger partial charge is 1.00 e. The fourth-order valence-corrected chi connectivity index (χ4v) is 0. The maximum absolute atomic E-state index is 3.12. The van der Waals surface area contributed by atoms with Crippen molar-refractivity contribution >= 4 is 17.4 Å². The fraction of sp³-hybridized carbons (Fsp3) is 0. The zero-order valence-corrected chi connectivity index (χ0v) is 7.05. The van der Waals surface area contributed by atoms with Crippen molar-refractivity contribution in [3.8, 4) is 0 Å². The predicted octanol–water partition coefficient (Wildman–Crippen LogP) is -8.41. The summed E-state index contributed by atoms with van der Waals surface area (Å²) in [6.07, 6.45) is 0. The standard InChI is InChI=1S/C3H4.Al.3ClH/c1-3-2;;;;/h1-2H2;;3*1H/q;+3;;;/p-3. The van der Waals surface area contributed by atoms with E-state index >= 15 is 0 Å². The minimum atomic E-state index is 0. The third-order valence-corrected chi connectivity index (χ3v) is 0. The van der Waals surface area contributed by atoms with E-state index in [1.165, 1.54) is 0 Å². The monoisotopic (exact) mass is 172 g/mol. The van der Waals surface area contributed by atoms with Gasteiger partial charge >= 0.3 is 17.4 Å². The third-order valence-electron chi connectivity index (χ3n) is 0. The second-order valence-electron chi connectivity index (χ2n) is 0.250. The molecule has 0 saturated carbocycles. The number of halogens is 3. The van der Waals surface area contributed by atoms with Gasteiger partial charge in [-0.15, -0.1) is 5.73 Å². The Balaban J connectivity index is -0.00000000333. The van der Waals surface area contributed by atoms with Gasteiger partial charge in [-0.2, -0.15) is 0 Å². The van der Waals surface area contributed by atoms with Crippen LogP contribution in [0.4, 0.5) is 0 Å². The largest absolute Gasteiger partial charge is 3.00 e. The van der Waals surface area contributed by atoms with Crippen LogP contribution in [0.5, 0.6) is 0 Å². The summed E-state index contributed by atoms with van der Waals surface area (Å²) in [5, 5.41) is 0. The summed E-state index contributed by atoms with van der Waals surface area (Å²) >= 11 is 0. The van der Waals surface area contributed by atoms with Gasteiger partial charge in [0.05, 0.1) is 0 Å². The Morgan fingerprint density at radius 1 is 0.857 bits per heavy atom. The van der Waals surface area contributed by atoms with Gasteiger partial charge in [-0.05, 0) is 0 Å². The van der Waals surface area contributed by atoms with E-state index in [9.17, 15) is 0 Å². The van der Waals surface area contributed by atoms with E-state index < -0.39 is 0 Å². The molecule has 0 N–H and O–H groups in total. The third kappa shape index (κ3) is 197. The Labute approximate surface area is 73.4 Å². The van der Waals surface area contributed by atoms with Crippen LogP contribution in [0.15, 0.2) is 18.9 Å². The van der Waals surface area contributed by atoms with E-state index in [4.69, 9.17) is 0 Å². The first-order valence-corrected chi connectivity index (χ1v) is 0.707. The first-order chi connectivity index (χ1) is 1.41. The van der Waals surface area contributed by atoms with Crippen molar-refractivity contribution in [3.05, 3.63) is 18.9 Å². The quantitative estimate of drug-likeness (QED) is 0.252. The topological polar surface area (TPSA) is 0 Å². The SMILES string of the molecule is C=C=C.[Al+3].[Cl-].[Cl-].[Cl-]. The summed E-state index contributed by atoms with van der Waals surface area (Å²) in [4.78, 5) is 0. The average molecular weight is 173 g/mol. The van der Waals surface area contributed by atoms with Crippen LogP contribution >= 0.6 is 0 Å². The molecule has 40 valence electrons. The fourth-order valence-electron chi connectivity index (χ4n) is 0. The summed E-state index contributed by atoms with van der Waals surface area (Å²) in [6, 6.07) is 0. The first-order valence-electron chi connectivity index (χ1n) is 0.707. The van der Waals surface area contributed by atoms with Crippen molar-refractivity contribution < 1.29 is 37.2 Å². The van der Waals surface area contributed by atoms with Crippen molar-refractivity contribution in [2.24, 2.45) is 0 Å². The molecule has 4 heteroatoms. The van der Waals surface area contributed by atoms with Crippen molar-refractivity contribution in [2.45, 2.75) is 0 Å². The van der Waals surface area contributed by atoms with Crippen LogP contribution in [-0.2, 0) is 0 Å². The molecule has 0 radical (unpaired) electrons. The summed E-state index contributed by atoms with van der Waals surface area (Å²) in [7, 11) is 0. The van der Waals surface area contributed by atoms with Crippen LogP contribution in [0.3, 0.4) is 0 Å². The Kier molecular flexibility index (Phi) is 417. The van der Waals surface area contributed by atoms with E-state index in [2.05, 4.69) is 18.9 Å². The van der Waals surface area contributed by atoms with E-state index in [0.717, 1.165) is 0 Å². The molecule has 0 spiro atoms. The maximum atomic E-state index is 3.12. The first kappa shape index (κ1) is 44.5. The van der Waals surface area contributed by atoms with Crippen LogP contribution in [0.2, 0.25) is 0 Å². The normalized spacial score (nSPS) is 1.14. The maximum Gasteiger partial charge on any atom is 3.00 e. The molecule has 0 nitrogen and oxygen atoms in total. The molecule has 0 saturated heterocycles. The van der Waals surface area contributed by atoms with Crippen molar-refractivity contribution in [3.63, 3.8) is 0 Å². The van der Waals surface area contributed by atoms with Gasteiger partial charge in [0, 0.05) is 0 Å². The predicted molar refractivity (Wildman–Crippen MR) is 20.5 cm³/mol. The Morgan fingerprint density at radius 2 is 0.857 bits per heavy atom. The number of hydrogen-bond acceptors (Lipinski definition) is 0.